The lowest BCUT2D eigenvalue weighted by Crippen LogP contribution is -2.33. The van der Waals surface area contributed by atoms with Gasteiger partial charge in [-0.3, -0.25) is 0 Å². The summed E-state index contributed by atoms with van der Waals surface area (Å²) < 4.78 is 49.2. The Hall–Kier alpha value is -1.35. The Bertz CT molecular complexity index is 693. The molecule has 1 atom stereocenters. The van der Waals surface area contributed by atoms with Crippen molar-refractivity contribution >= 4 is 22.9 Å². The molecule has 0 unspecified atom stereocenters. The summed E-state index contributed by atoms with van der Waals surface area (Å²) in [6.07, 6.45) is -0.239. The molecule has 1 saturated heterocycles. The second kappa shape index (κ2) is 7.04. The van der Waals surface area contributed by atoms with Crippen molar-refractivity contribution in [2.45, 2.75) is 12.7 Å². The van der Waals surface area contributed by atoms with Gasteiger partial charge in [-0.25, -0.2) is 9.37 Å². The van der Waals surface area contributed by atoms with E-state index >= 15 is 0 Å². The molecule has 0 aliphatic carbocycles. The van der Waals surface area contributed by atoms with Gasteiger partial charge in [-0.15, -0.1) is 11.3 Å². The second-order valence-corrected chi connectivity index (χ2v) is 6.10. The monoisotopic (exact) mass is 364 g/mol. The number of aromatic nitrogens is 1. The molecule has 124 valence electrons. The first-order valence-corrected chi connectivity index (χ1v) is 8.02. The molecule has 1 aliphatic heterocycles. The van der Waals surface area contributed by atoms with Gasteiger partial charge in [0.15, 0.2) is 0 Å². The molecule has 9 heteroatoms. The van der Waals surface area contributed by atoms with Crippen molar-refractivity contribution < 1.29 is 22.6 Å². The number of alkyl halides is 2. The third-order valence-electron chi connectivity index (χ3n) is 3.22. The standard InChI is InChI=1S/C14H12ClF3N2O2S/c15-7-3-8(16)12(10(4-7)22-14(17)18)9-6-23-13(20-9)11-5-19-1-2-21-11/h3-4,6,11,14,19H,1-2,5H2/t11-/m1/s1. The highest BCUT2D eigenvalue weighted by molar-refractivity contribution is 7.10. The number of morpholine rings is 1. The summed E-state index contributed by atoms with van der Waals surface area (Å²) in [6.45, 7) is -1.19. The lowest BCUT2D eigenvalue weighted by Gasteiger charge is -2.21. The molecule has 2 heterocycles. The zero-order valence-electron chi connectivity index (χ0n) is 11.7. The molecule has 2 aromatic rings. The second-order valence-electron chi connectivity index (χ2n) is 4.77. The van der Waals surface area contributed by atoms with Crippen LogP contribution in [0.5, 0.6) is 5.75 Å². The zero-order chi connectivity index (χ0) is 16.4. The number of thiazole rings is 1. The molecule has 23 heavy (non-hydrogen) atoms. The van der Waals surface area contributed by atoms with E-state index in [1.165, 1.54) is 11.3 Å². The topological polar surface area (TPSA) is 43.4 Å². The average molecular weight is 365 g/mol. The SMILES string of the molecule is Fc1cc(Cl)cc(OC(F)F)c1-c1csc([C@H]2CNCCO2)n1. The van der Waals surface area contributed by atoms with Crippen LogP contribution in [0.1, 0.15) is 11.1 Å². The minimum Gasteiger partial charge on any atom is -0.434 e. The number of nitrogens with zero attached hydrogens (tertiary/aromatic N) is 1. The van der Waals surface area contributed by atoms with Gasteiger partial charge in [0.1, 0.15) is 22.7 Å². The normalized spacial score (nSPS) is 18.4. The summed E-state index contributed by atoms with van der Waals surface area (Å²) >= 11 is 6.98. The van der Waals surface area contributed by atoms with Crippen LogP contribution >= 0.6 is 22.9 Å². The molecule has 4 nitrogen and oxygen atoms in total. The minimum atomic E-state index is -3.09. The Balaban J connectivity index is 1.96. The van der Waals surface area contributed by atoms with E-state index < -0.39 is 12.4 Å². The molecular weight excluding hydrogens is 353 g/mol. The summed E-state index contributed by atoms with van der Waals surface area (Å²) in [7, 11) is 0. The van der Waals surface area contributed by atoms with Gasteiger partial charge in [-0.1, -0.05) is 11.6 Å². The van der Waals surface area contributed by atoms with Gasteiger partial charge in [0.25, 0.3) is 0 Å². The summed E-state index contributed by atoms with van der Waals surface area (Å²) in [5.41, 5.74) is 0.0740. The molecule has 0 amide bonds. The molecule has 0 radical (unpaired) electrons. The Morgan fingerprint density at radius 1 is 1.43 bits per heavy atom. The van der Waals surface area contributed by atoms with Crippen LogP contribution < -0.4 is 10.1 Å². The van der Waals surface area contributed by atoms with E-state index in [9.17, 15) is 13.2 Å². The van der Waals surface area contributed by atoms with E-state index in [0.717, 1.165) is 18.7 Å². The predicted molar refractivity (Wildman–Crippen MR) is 80.7 cm³/mol. The number of hydrogen-bond donors (Lipinski definition) is 1. The number of hydrogen-bond acceptors (Lipinski definition) is 5. The average Bonchev–Trinajstić information content (AvgIpc) is 2.96. The van der Waals surface area contributed by atoms with Crippen LogP contribution in [0, 0.1) is 5.82 Å². The fourth-order valence-corrected chi connectivity index (χ4v) is 3.31. The highest BCUT2D eigenvalue weighted by Gasteiger charge is 2.23. The van der Waals surface area contributed by atoms with Crippen molar-refractivity contribution in [2.24, 2.45) is 0 Å². The van der Waals surface area contributed by atoms with Gasteiger partial charge >= 0.3 is 6.61 Å². The van der Waals surface area contributed by atoms with Gasteiger partial charge in [-0.05, 0) is 12.1 Å². The summed E-state index contributed by atoms with van der Waals surface area (Å²) in [4.78, 5) is 4.31. The maximum atomic E-state index is 14.2. The maximum absolute atomic E-state index is 14.2. The lowest BCUT2D eigenvalue weighted by atomic mass is 10.1. The number of benzene rings is 1. The van der Waals surface area contributed by atoms with Crippen molar-refractivity contribution in [1.82, 2.24) is 10.3 Å². The van der Waals surface area contributed by atoms with Gasteiger partial charge in [0.05, 0.1) is 17.9 Å². The highest BCUT2D eigenvalue weighted by atomic mass is 35.5. The Labute approximate surface area is 139 Å². The zero-order valence-corrected chi connectivity index (χ0v) is 13.3. The highest BCUT2D eigenvalue weighted by Crippen LogP contribution is 2.37. The van der Waals surface area contributed by atoms with Crippen LogP contribution in [0.3, 0.4) is 0 Å². The van der Waals surface area contributed by atoms with E-state index in [1.54, 1.807) is 5.38 Å². The minimum absolute atomic E-state index is 0.0304. The van der Waals surface area contributed by atoms with Crippen LogP contribution in [0.4, 0.5) is 13.2 Å². The Morgan fingerprint density at radius 2 is 2.26 bits per heavy atom. The third kappa shape index (κ3) is 3.77. The summed E-state index contributed by atoms with van der Waals surface area (Å²) in [5.74, 6) is -1.11. The molecule has 1 fully saturated rings. The van der Waals surface area contributed by atoms with E-state index in [4.69, 9.17) is 16.3 Å². The van der Waals surface area contributed by atoms with Crippen molar-refractivity contribution in [3.63, 3.8) is 0 Å². The lowest BCUT2D eigenvalue weighted by molar-refractivity contribution is -0.0495. The van der Waals surface area contributed by atoms with E-state index in [-0.39, 0.29) is 28.1 Å². The van der Waals surface area contributed by atoms with Crippen LogP contribution in [0.25, 0.3) is 11.3 Å². The Morgan fingerprint density at radius 3 is 2.96 bits per heavy atom. The largest absolute Gasteiger partial charge is 0.434 e. The number of nitrogens with one attached hydrogen (secondary N) is 1. The maximum Gasteiger partial charge on any atom is 0.387 e. The van der Waals surface area contributed by atoms with Crippen molar-refractivity contribution in [3.05, 3.63) is 33.4 Å². The van der Waals surface area contributed by atoms with E-state index in [0.29, 0.717) is 18.2 Å². The van der Waals surface area contributed by atoms with E-state index in [2.05, 4.69) is 15.0 Å². The molecule has 1 aliphatic rings. The molecular formula is C14H12ClF3N2O2S. The van der Waals surface area contributed by atoms with Crippen molar-refractivity contribution in [3.8, 4) is 17.0 Å². The third-order valence-corrected chi connectivity index (χ3v) is 4.37. The fourth-order valence-electron chi connectivity index (χ4n) is 2.26. The first-order valence-electron chi connectivity index (χ1n) is 6.76. The summed E-state index contributed by atoms with van der Waals surface area (Å²) in [5, 5.41) is 5.36. The number of ether oxygens (including phenoxy) is 2. The van der Waals surface area contributed by atoms with Gasteiger partial charge in [0.2, 0.25) is 0 Å². The van der Waals surface area contributed by atoms with E-state index in [1.807, 2.05) is 0 Å². The quantitative estimate of drug-likeness (QED) is 0.894. The van der Waals surface area contributed by atoms with Crippen LogP contribution in [-0.2, 0) is 4.74 Å². The van der Waals surface area contributed by atoms with Crippen molar-refractivity contribution in [2.75, 3.05) is 19.7 Å². The molecule has 1 N–H and O–H groups in total. The fraction of sp³-hybridized carbons (Fsp3) is 0.357. The first-order chi connectivity index (χ1) is 11.0. The predicted octanol–water partition coefficient (Wildman–Crippen LogP) is 3.86. The molecule has 0 spiro atoms. The van der Waals surface area contributed by atoms with Gasteiger partial charge in [0, 0.05) is 23.5 Å². The van der Waals surface area contributed by atoms with Crippen LogP contribution in [0.15, 0.2) is 17.5 Å². The number of rotatable bonds is 4. The van der Waals surface area contributed by atoms with Crippen molar-refractivity contribution in [1.29, 1.82) is 0 Å². The molecule has 0 bridgehead atoms. The molecule has 1 aromatic heterocycles. The van der Waals surface area contributed by atoms with Crippen LogP contribution in [0.2, 0.25) is 5.02 Å². The van der Waals surface area contributed by atoms with Gasteiger partial charge < -0.3 is 14.8 Å². The first kappa shape index (κ1) is 16.5. The van der Waals surface area contributed by atoms with Crippen LogP contribution in [-0.4, -0.2) is 31.3 Å². The number of halogens is 4. The Kier molecular flexibility index (Phi) is 5.05. The smallest absolute Gasteiger partial charge is 0.387 e. The van der Waals surface area contributed by atoms with Gasteiger partial charge in [-0.2, -0.15) is 8.78 Å². The summed E-state index contributed by atoms with van der Waals surface area (Å²) in [6, 6.07) is 2.18. The molecule has 1 aromatic carbocycles. The molecule has 3 rings (SSSR count). The molecule has 0 saturated carbocycles.